The molecular weight excluding hydrogens is 491 g/mol. The van der Waals surface area contributed by atoms with Gasteiger partial charge in [-0.1, -0.05) is 103 Å². The van der Waals surface area contributed by atoms with Crippen molar-refractivity contribution < 1.29 is 10.0 Å². The van der Waals surface area contributed by atoms with Gasteiger partial charge in [-0.3, -0.25) is 0 Å². The molecule has 2 heterocycles. The summed E-state index contributed by atoms with van der Waals surface area (Å²) in [4.78, 5) is 5.06. The molecule has 0 fully saturated rings. The number of benzene rings is 5. The fourth-order valence-electron chi connectivity index (χ4n) is 5.44. The molecule has 0 aliphatic carbocycles. The topological polar surface area (TPSA) is 58.3 Å². The smallest absolute Gasteiger partial charge is 0.423 e. The first-order valence-electron chi connectivity index (χ1n) is 13.3. The Hall–Kier alpha value is -4.97. The number of rotatable bonds is 5. The van der Waals surface area contributed by atoms with E-state index in [4.69, 9.17) is 4.98 Å². The highest BCUT2D eigenvalue weighted by Crippen LogP contribution is 2.34. The molecule has 0 bridgehead atoms. The van der Waals surface area contributed by atoms with Crippen LogP contribution in [0.25, 0.3) is 61.1 Å². The molecule has 5 aromatic carbocycles. The summed E-state index contributed by atoms with van der Waals surface area (Å²) < 4.78 is 2.21. The fourth-order valence-corrected chi connectivity index (χ4v) is 5.44. The fraction of sp³-hybridized carbons (Fsp3) is 0. The van der Waals surface area contributed by atoms with Crippen molar-refractivity contribution >= 4 is 34.4 Å². The maximum absolute atomic E-state index is 9.75. The third-order valence-corrected chi connectivity index (χ3v) is 7.42. The molecule has 40 heavy (non-hydrogen) atoms. The molecule has 190 valence electrons. The lowest BCUT2D eigenvalue weighted by molar-refractivity contribution is 0.426. The van der Waals surface area contributed by atoms with Crippen LogP contribution in [0.4, 0.5) is 0 Å². The standard InChI is InChI=1S/C35H25BN2O2/c39-36(40)28-17-20-35-31(23-28)30-13-7-8-14-34(30)38(35)29-18-15-26(16-19-29)33-22-27(24-9-3-1-4-10-24)21-32(37-33)25-11-5-2-6-12-25/h1-23,39-40H. The number of para-hydroxylation sites is 1. The van der Waals surface area contributed by atoms with Gasteiger partial charge < -0.3 is 14.6 Å². The number of aromatic nitrogens is 2. The van der Waals surface area contributed by atoms with Gasteiger partial charge in [-0.2, -0.15) is 0 Å². The molecule has 0 amide bonds. The Balaban J connectivity index is 1.36. The largest absolute Gasteiger partial charge is 0.488 e. The van der Waals surface area contributed by atoms with Crippen LogP contribution in [0.15, 0.2) is 140 Å². The van der Waals surface area contributed by atoms with E-state index in [0.29, 0.717) is 5.46 Å². The number of fused-ring (bicyclic) bond motifs is 3. The third kappa shape index (κ3) is 4.28. The van der Waals surface area contributed by atoms with Crippen LogP contribution in [0, 0.1) is 0 Å². The van der Waals surface area contributed by atoms with Gasteiger partial charge in [0.05, 0.1) is 22.4 Å². The number of hydrogen-bond acceptors (Lipinski definition) is 3. The highest BCUT2D eigenvalue weighted by Gasteiger charge is 2.17. The minimum Gasteiger partial charge on any atom is -0.423 e. The van der Waals surface area contributed by atoms with Crippen molar-refractivity contribution in [3.63, 3.8) is 0 Å². The maximum atomic E-state index is 9.75. The van der Waals surface area contributed by atoms with Crippen molar-refractivity contribution in [1.82, 2.24) is 9.55 Å². The molecule has 0 unspecified atom stereocenters. The van der Waals surface area contributed by atoms with Crippen LogP contribution in [-0.2, 0) is 0 Å². The summed E-state index contributed by atoms with van der Waals surface area (Å²) in [5, 5.41) is 21.5. The van der Waals surface area contributed by atoms with Gasteiger partial charge in [0.1, 0.15) is 0 Å². The lowest BCUT2D eigenvalue weighted by Crippen LogP contribution is -2.29. The van der Waals surface area contributed by atoms with Crippen LogP contribution in [0.1, 0.15) is 0 Å². The zero-order valence-electron chi connectivity index (χ0n) is 21.6. The van der Waals surface area contributed by atoms with Gasteiger partial charge in [0, 0.05) is 27.6 Å². The van der Waals surface area contributed by atoms with Gasteiger partial charge in [-0.25, -0.2) is 4.98 Å². The van der Waals surface area contributed by atoms with Crippen LogP contribution in [-0.4, -0.2) is 26.7 Å². The Morgan fingerprint density at radius 2 is 1.05 bits per heavy atom. The van der Waals surface area contributed by atoms with Crippen molar-refractivity contribution in [3.8, 4) is 39.3 Å². The van der Waals surface area contributed by atoms with E-state index in [2.05, 4.69) is 89.5 Å². The molecule has 0 spiro atoms. The summed E-state index contributed by atoms with van der Waals surface area (Å²) in [6.45, 7) is 0. The molecule has 2 N–H and O–H groups in total. The molecule has 0 atom stereocenters. The normalized spacial score (nSPS) is 11.2. The minimum atomic E-state index is -1.51. The number of nitrogens with zero attached hydrogens (tertiary/aromatic N) is 2. The maximum Gasteiger partial charge on any atom is 0.488 e. The lowest BCUT2D eigenvalue weighted by Gasteiger charge is -2.12. The van der Waals surface area contributed by atoms with Crippen LogP contribution < -0.4 is 5.46 Å². The van der Waals surface area contributed by atoms with E-state index in [1.54, 1.807) is 6.07 Å². The molecule has 0 aliphatic heterocycles. The Labute approximate surface area is 232 Å². The van der Waals surface area contributed by atoms with E-state index in [0.717, 1.165) is 61.1 Å². The van der Waals surface area contributed by atoms with Crippen molar-refractivity contribution in [3.05, 3.63) is 140 Å². The average molecular weight is 516 g/mol. The van der Waals surface area contributed by atoms with E-state index in [9.17, 15) is 10.0 Å². The Kier molecular flexibility index (Phi) is 6.01. The summed E-state index contributed by atoms with van der Waals surface area (Å²) in [6, 6.07) is 47.2. The second-order valence-electron chi connectivity index (χ2n) is 9.91. The van der Waals surface area contributed by atoms with Crippen molar-refractivity contribution in [2.45, 2.75) is 0 Å². The van der Waals surface area contributed by atoms with Crippen LogP contribution >= 0.6 is 0 Å². The molecule has 7 aromatic rings. The van der Waals surface area contributed by atoms with E-state index >= 15 is 0 Å². The SMILES string of the molecule is OB(O)c1ccc2c(c1)c1ccccc1n2-c1ccc(-c2cc(-c3ccccc3)cc(-c3ccccc3)n2)cc1. The van der Waals surface area contributed by atoms with E-state index in [-0.39, 0.29) is 0 Å². The number of hydrogen-bond donors (Lipinski definition) is 2. The zero-order valence-corrected chi connectivity index (χ0v) is 21.6. The van der Waals surface area contributed by atoms with Gasteiger partial charge in [0.15, 0.2) is 0 Å². The van der Waals surface area contributed by atoms with Gasteiger partial charge in [0.25, 0.3) is 0 Å². The van der Waals surface area contributed by atoms with E-state index in [1.165, 1.54) is 0 Å². The average Bonchev–Trinajstić information content (AvgIpc) is 3.35. The summed E-state index contributed by atoms with van der Waals surface area (Å²) in [5.41, 5.74) is 9.80. The van der Waals surface area contributed by atoms with Crippen molar-refractivity contribution in [1.29, 1.82) is 0 Å². The van der Waals surface area contributed by atoms with Gasteiger partial charge in [0.2, 0.25) is 0 Å². The van der Waals surface area contributed by atoms with Crippen LogP contribution in [0.5, 0.6) is 0 Å². The van der Waals surface area contributed by atoms with Crippen molar-refractivity contribution in [2.24, 2.45) is 0 Å². The first-order valence-corrected chi connectivity index (χ1v) is 13.3. The molecule has 2 aromatic heterocycles. The Morgan fingerprint density at radius 3 is 1.73 bits per heavy atom. The molecule has 0 aliphatic rings. The van der Waals surface area contributed by atoms with Gasteiger partial charge >= 0.3 is 7.12 Å². The highest BCUT2D eigenvalue weighted by atomic mass is 16.4. The summed E-state index contributed by atoms with van der Waals surface area (Å²) in [7, 11) is -1.51. The van der Waals surface area contributed by atoms with E-state index in [1.807, 2.05) is 48.5 Å². The van der Waals surface area contributed by atoms with Crippen molar-refractivity contribution in [2.75, 3.05) is 0 Å². The molecule has 7 rings (SSSR count). The predicted molar refractivity (Wildman–Crippen MR) is 165 cm³/mol. The van der Waals surface area contributed by atoms with Gasteiger partial charge in [-0.15, -0.1) is 0 Å². The zero-order chi connectivity index (χ0) is 27.1. The Morgan fingerprint density at radius 1 is 0.475 bits per heavy atom. The second kappa shape index (κ2) is 9.97. The second-order valence-corrected chi connectivity index (χ2v) is 9.91. The predicted octanol–water partition coefficient (Wildman–Crippen LogP) is 6.86. The van der Waals surface area contributed by atoms with Crippen LogP contribution in [0.2, 0.25) is 0 Å². The highest BCUT2D eigenvalue weighted by molar-refractivity contribution is 6.59. The van der Waals surface area contributed by atoms with Gasteiger partial charge in [-0.05, 0) is 53.0 Å². The first-order chi connectivity index (χ1) is 19.7. The quantitative estimate of drug-likeness (QED) is 0.246. The lowest BCUT2D eigenvalue weighted by atomic mass is 9.80. The number of pyridine rings is 1. The van der Waals surface area contributed by atoms with Crippen LogP contribution in [0.3, 0.4) is 0 Å². The molecule has 0 radical (unpaired) electrons. The molecule has 4 nitrogen and oxygen atoms in total. The minimum absolute atomic E-state index is 0.476. The van der Waals surface area contributed by atoms with E-state index < -0.39 is 7.12 Å². The summed E-state index contributed by atoms with van der Waals surface area (Å²) >= 11 is 0. The molecular formula is C35H25BN2O2. The first kappa shape index (κ1) is 24.1. The third-order valence-electron chi connectivity index (χ3n) is 7.42. The summed E-state index contributed by atoms with van der Waals surface area (Å²) in [6.07, 6.45) is 0. The Bertz CT molecular complexity index is 1910. The molecule has 0 saturated heterocycles. The molecule has 5 heteroatoms. The molecule has 0 saturated carbocycles. The monoisotopic (exact) mass is 516 g/mol. The summed E-state index contributed by atoms with van der Waals surface area (Å²) in [5.74, 6) is 0.